The minimum atomic E-state index is -1.05. The lowest BCUT2D eigenvalue weighted by molar-refractivity contribution is -0.385. The van der Waals surface area contributed by atoms with Crippen LogP contribution in [0.2, 0.25) is 0 Å². The zero-order chi connectivity index (χ0) is 34.9. The lowest BCUT2D eigenvalue weighted by atomic mass is 9.90. The molecule has 0 aromatic heterocycles. The number of hydrogen-bond acceptors (Lipinski definition) is 9. The quantitative estimate of drug-likeness (QED) is 0.150. The third-order valence-electron chi connectivity index (χ3n) is 8.93. The molecule has 4 aromatic carbocycles. The van der Waals surface area contributed by atoms with Crippen LogP contribution in [0.15, 0.2) is 97.1 Å². The SMILES string of the molecule is CC1(C)O[C@H]2[C@@H](Cc3ccc(O)cc3)N(Cc3cccc([N+](=O)[O-])c3)C(=O)N(Cc3cccc([N+](=O)[O-])c3)C(Cc3ccc(O)cc3)[C@@H]2O1. The monoisotopic (exact) mass is 668 g/mol. The zero-order valence-corrected chi connectivity index (χ0v) is 26.9. The molecule has 254 valence electrons. The summed E-state index contributed by atoms with van der Waals surface area (Å²) in [5.41, 5.74) is 2.45. The van der Waals surface area contributed by atoms with Gasteiger partial charge in [0.05, 0.1) is 21.9 Å². The Morgan fingerprint density at radius 1 is 0.653 bits per heavy atom. The van der Waals surface area contributed by atoms with E-state index in [0.717, 1.165) is 11.1 Å². The topological polar surface area (TPSA) is 169 Å². The molecule has 49 heavy (non-hydrogen) atoms. The molecular formula is C36H36N4O9. The van der Waals surface area contributed by atoms with Gasteiger partial charge in [-0.25, -0.2) is 4.79 Å². The first-order valence-electron chi connectivity index (χ1n) is 15.8. The molecule has 0 bridgehead atoms. The molecule has 0 saturated carbocycles. The Balaban J connectivity index is 1.51. The molecule has 13 nitrogen and oxygen atoms in total. The van der Waals surface area contributed by atoms with Crippen LogP contribution in [-0.4, -0.2) is 66.0 Å². The van der Waals surface area contributed by atoms with Gasteiger partial charge in [0.15, 0.2) is 5.79 Å². The Morgan fingerprint density at radius 2 is 1.04 bits per heavy atom. The predicted octanol–water partition coefficient (Wildman–Crippen LogP) is 6.09. The summed E-state index contributed by atoms with van der Waals surface area (Å²) < 4.78 is 13.3. The van der Waals surface area contributed by atoms with Crippen LogP contribution in [0.4, 0.5) is 16.2 Å². The van der Waals surface area contributed by atoms with E-state index < -0.39 is 46.0 Å². The van der Waals surface area contributed by atoms with Gasteiger partial charge in [-0.05, 0) is 73.2 Å². The van der Waals surface area contributed by atoms with Crippen LogP contribution in [0.5, 0.6) is 11.5 Å². The van der Waals surface area contributed by atoms with Crippen molar-refractivity contribution in [2.45, 2.75) is 69.9 Å². The van der Waals surface area contributed by atoms with Crippen molar-refractivity contribution >= 4 is 17.4 Å². The van der Waals surface area contributed by atoms with E-state index in [0.29, 0.717) is 24.0 Å². The smallest absolute Gasteiger partial charge is 0.321 e. The lowest BCUT2D eigenvalue weighted by Crippen LogP contribution is -2.51. The fourth-order valence-electron chi connectivity index (χ4n) is 6.72. The number of amides is 2. The number of carbonyl (C=O) groups is 1. The highest BCUT2D eigenvalue weighted by atomic mass is 16.8. The Morgan fingerprint density at radius 3 is 1.41 bits per heavy atom. The average Bonchev–Trinajstić information content (AvgIpc) is 3.37. The molecule has 2 N–H and O–H groups in total. The number of nitro benzene ring substituents is 2. The average molecular weight is 669 g/mol. The molecule has 13 heteroatoms. The lowest BCUT2D eigenvalue weighted by Gasteiger charge is -2.37. The molecule has 0 spiro atoms. The number of phenolic OH excluding ortho intramolecular Hbond substituents is 2. The second kappa shape index (κ2) is 13.5. The van der Waals surface area contributed by atoms with Gasteiger partial charge < -0.3 is 29.5 Å². The van der Waals surface area contributed by atoms with Crippen molar-refractivity contribution in [3.63, 3.8) is 0 Å². The molecule has 2 saturated heterocycles. The summed E-state index contributed by atoms with van der Waals surface area (Å²) in [6.45, 7) is 3.59. The number of urea groups is 1. The molecule has 2 aliphatic rings. The number of nitrogens with zero attached hydrogens (tertiary/aromatic N) is 4. The highest BCUT2D eigenvalue weighted by Gasteiger charge is 2.55. The van der Waals surface area contributed by atoms with Crippen molar-refractivity contribution in [2.75, 3.05) is 0 Å². The third kappa shape index (κ3) is 7.47. The standard InChI is InChI=1S/C36H36N4O9/c1-36(2)48-33-31(19-23-9-13-29(41)14-10-23)37(21-25-5-3-7-27(17-25)39(44)45)35(43)38(22-26-6-4-8-28(18-26)40(46)47)32(34(33)49-36)20-24-11-15-30(42)16-12-24/h3-18,31-34,41-42H,19-22H2,1-2H3/t31-,32?,33+,34+/m1/s1. The summed E-state index contributed by atoms with van der Waals surface area (Å²) in [5.74, 6) is -0.874. The van der Waals surface area contributed by atoms with Gasteiger partial charge >= 0.3 is 6.03 Å². The van der Waals surface area contributed by atoms with Crippen LogP contribution in [0, 0.1) is 20.2 Å². The molecule has 6 rings (SSSR count). The largest absolute Gasteiger partial charge is 0.508 e. The van der Waals surface area contributed by atoms with Crippen LogP contribution < -0.4 is 0 Å². The van der Waals surface area contributed by atoms with Gasteiger partial charge in [0.1, 0.15) is 23.7 Å². The van der Waals surface area contributed by atoms with E-state index >= 15 is 4.79 Å². The van der Waals surface area contributed by atoms with E-state index in [2.05, 4.69) is 0 Å². The summed E-state index contributed by atoms with van der Waals surface area (Å²) in [7, 11) is 0. The number of rotatable bonds is 10. The number of ether oxygens (including phenoxy) is 2. The first-order chi connectivity index (χ1) is 23.4. The summed E-state index contributed by atoms with van der Waals surface area (Å²) in [5, 5.41) is 43.3. The minimum Gasteiger partial charge on any atom is -0.508 e. The van der Waals surface area contributed by atoms with E-state index in [1.165, 1.54) is 24.3 Å². The van der Waals surface area contributed by atoms with Crippen LogP contribution in [0.1, 0.15) is 36.1 Å². The van der Waals surface area contributed by atoms with Crippen LogP contribution >= 0.6 is 0 Å². The Labute approximate surface area is 282 Å². The molecule has 0 radical (unpaired) electrons. The fraction of sp³-hybridized carbons (Fsp3) is 0.306. The van der Waals surface area contributed by atoms with Gasteiger partial charge in [0.25, 0.3) is 11.4 Å². The normalized spacial score (nSPS) is 21.6. The first-order valence-corrected chi connectivity index (χ1v) is 15.8. The summed E-state index contributed by atoms with van der Waals surface area (Å²) in [6, 6.07) is 23.8. The van der Waals surface area contributed by atoms with Crippen LogP contribution in [0.25, 0.3) is 0 Å². The molecule has 2 amide bonds. The number of benzene rings is 4. The molecule has 2 aliphatic heterocycles. The van der Waals surface area contributed by atoms with Crippen molar-refractivity contribution in [1.29, 1.82) is 0 Å². The van der Waals surface area contributed by atoms with Crippen LogP contribution in [-0.2, 0) is 35.4 Å². The zero-order valence-electron chi connectivity index (χ0n) is 26.9. The van der Waals surface area contributed by atoms with Crippen molar-refractivity contribution in [2.24, 2.45) is 0 Å². The van der Waals surface area contributed by atoms with Gasteiger partial charge in [-0.2, -0.15) is 0 Å². The highest BCUT2D eigenvalue weighted by molar-refractivity contribution is 5.76. The third-order valence-corrected chi connectivity index (χ3v) is 8.93. The van der Waals surface area contributed by atoms with Crippen molar-refractivity contribution in [1.82, 2.24) is 9.80 Å². The van der Waals surface area contributed by atoms with Crippen LogP contribution in [0.3, 0.4) is 0 Å². The Hall–Kier alpha value is -5.53. The highest BCUT2D eigenvalue weighted by Crippen LogP contribution is 2.41. The van der Waals surface area contributed by atoms with E-state index in [4.69, 9.17) is 9.47 Å². The number of fused-ring (bicyclic) bond motifs is 1. The molecule has 4 atom stereocenters. The molecule has 4 aromatic rings. The Bertz CT molecular complexity index is 1720. The maximum absolute atomic E-state index is 15.1. The maximum atomic E-state index is 15.1. The molecule has 2 heterocycles. The van der Waals surface area contributed by atoms with Gasteiger partial charge in [-0.1, -0.05) is 48.5 Å². The van der Waals surface area contributed by atoms with Gasteiger partial charge in [-0.15, -0.1) is 0 Å². The maximum Gasteiger partial charge on any atom is 0.321 e. The molecule has 1 unspecified atom stereocenters. The summed E-state index contributed by atoms with van der Waals surface area (Å²) in [4.78, 5) is 40.8. The summed E-state index contributed by atoms with van der Waals surface area (Å²) in [6.07, 6.45) is -0.747. The van der Waals surface area contributed by atoms with Crippen molar-refractivity contribution in [3.8, 4) is 11.5 Å². The first kappa shape index (κ1) is 33.4. The van der Waals surface area contributed by atoms with E-state index in [1.807, 2.05) is 0 Å². The van der Waals surface area contributed by atoms with Crippen molar-refractivity contribution < 1.29 is 34.3 Å². The van der Waals surface area contributed by atoms with E-state index in [-0.39, 0.29) is 36.0 Å². The number of carbonyl (C=O) groups excluding carboxylic acids is 1. The molecule has 0 aliphatic carbocycles. The molecular weight excluding hydrogens is 632 g/mol. The predicted molar refractivity (Wildman–Crippen MR) is 178 cm³/mol. The second-order valence-electron chi connectivity index (χ2n) is 12.8. The molecule has 2 fully saturated rings. The van der Waals surface area contributed by atoms with E-state index in [1.54, 1.807) is 96.4 Å². The summed E-state index contributed by atoms with van der Waals surface area (Å²) >= 11 is 0. The van der Waals surface area contributed by atoms with Crippen molar-refractivity contribution in [3.05, 3.63) is 140 Å². The van der Waals surface area contributed by atoms with Gasteiger partial charge in [0, 0.05) is 37.4 Å². The number of non-ortho nitro benzene ring substituents is 2. The second-order valence-corrected chi connectivity index (χ2v) is 12.8. The minimum absolute atomic E-state index is 0.00631. The Kier molecular flexibility index (Phi) is 9.22. The number of aromatic hydroxyl groups is 2. The number of hydrogen-bond donors (Lipinski definition) is 2. The van der Waals surface area contributed by atoms with Gasteiger partial charge in [0.2, 0.25) is 0 Å². The number of nitro groups is 2. The number of phenols is 2. The van der Waals surface area contributed by atoms with Gasteiger partial charge in [-0.3, -0.25) is 20.2 Å². The fourth-order valence-corrected chi connectivity index (χ4v) is 6.72. The van der Waals surface area contributed by atoms with E-state index in [9.17, 15) is 30.4 Å².